The highest BCUT2D eigenvalue weighted by Gasteiger charge is 2.34. The van der Waals surface area contributed by atoms with Gasteiger partial charge in [0.1, 0.15) is 0 Å². The van der Waals surface area contributed by atoms with E-state index < -0.39 is 5.79 Å². The van der Waals surface area contributed by atoms with Crippen molar-refractivity contribution in [3.8, 4) is 0 Å². The van der Waals surface area contributed by atoms with E-state index in [9.17, 15) is 0 Å². The Labute approximate surface area is 115 Å². The number of hydrogen-bond acceptors (Lipinski definition) is 2. The summed E-state index contributed by atoms with van der Waals surface area (Å²) in [6, 6.07) is 18.4. The fourth-order valence-corrected chi connectivity index (χ4v) is 2.37. The van der Waals surface area contributed by atoms with E-state index in [1.807, 2.05) is 42.5 Å². The summed E-state index contributed by atoms with van der Waals surface area (Å²) in [5.74, 6) is -0.841. The van der Waals surface area contributed by atoms with Crippen LogP contribution in [0, 0.1) is 0 Å². The molecule has 0 radical (unpaired) electrons. The fraction of sp³-hybridized carbons (Fsp3) is 0.294. The Hall–Kier alpha value is -1.64. The third-order valence-electron chi connectivity index (χ3n) is 3.44. The lowest BCUT2D eigenvalue weighted by Crippen LogP contribution is -2.32. The molecule has 0 N–H and O–H groups in total. The average molecular weight is 256 g/mol. The molecule has 0 saturated heterocycles. The van der Waals surface area contributed by atoms with Gasteiger partial charge in [-0.05, 0) is 12.0 Å². The van der Waals surface area contributed by atoms with E-state index in [0.29, 0.717) is 0 Å². The summed E-state index contributed by atoms with van der Waals surface area (Å²) in [6.07, 6.45) is 0.992. The van der Waals surface area contributed by atoms with Crippen molar-refractivity contribution in [3.63, 3.8) is 0 Å². The standard InChI is InChI=1S/C17H20O2/c1-4-14-9-8-12-16(13-14)17(18-2,19-3)15-10-6-5-7-11-15/h5-13H,4H2,1-3H3. The smallest absolute Gasteiger partial charge is 0.221 e. The van der Waals surface area contributed by atoms with Gasteiger partial charge >= 0.3 is 0 Å². The largest absolute Gasteiger partial charge is 0.346 e. The molecule has 0 aliphatic heterocycles. The number of aryl methyl sites for hydroxylation is 1. The zero-order valence-corrected chi connectivity index (χ0v) is 11.7. The molecule has 19 heavy (non-hydrogen) atoms. The van der Waals surface area contributed by atoms with Crippen LogP contribution in [0.1, 0.15) is 23.6 Å². The normalized spacial score (nSPS) is 11.5. The van der Waals surface area contributed by atoms with Gasteiger partial charge in [0.05, 0.1) is 0 Å². The van der Waals surface area contributed by atoms with Gasteiger partial charge in [0, 0.05) is 25.3 Å². The van der Waals surface area contributed by atoms with E-state index >= 15 is 0 Å². The molecule has 0 heterocycles. The predicted molar refractivity (Wildman–Crippen MR) is 77.1 cm³/mol. The molecule has 0 spiro atoms. The van der Waals surface area contributed by atoms with E-state index in [1.54, 1.807) is 14.2 Å². The average Bonchev–Trinajstić information content (AvgIpc) is 2.50. The lowest BCUT2D eigenvalue weighted by atomic mass is 9.95. The molecule has 2 nitrogen and oxygen atoms in total. The lowest BCUT2D eigenvalue weighted by Gasteiger charge is -2.32. The van der Waals surface area contributed by atoms with Gasteiger partial charge in [-0.1, -0.05) is 61.5 Å². The summed E-state index contributed by atoms with van der Waals surface area (Å²) >= 11 is 0. The first kappa shape index (κ1) is 13.8. The number of ether oxygens (including phenoxy) is 2. The Balaban J connectivity index is 2.55. The van der Waals surface area contributed by atoms with Crippen LogP contribution in [0.4, 0.5) is 0 Å². The monoisotopic (exact) mass is 256 g/mol. The molecular formula is C17H20O2. The Morgan fingerprint density at radius 1 is 0.842 bits per heavy atom. The van der Waals surface area contributed by atoms with Gasteiger partial charge in [0.15, 0.2) is 0 Å². The van der Waals surface area contributed by atoms with Gasteiger partial charge in [-0.25, -0.2) is 0 Å². The molecule has 0 aliphatic carbocycles. The van der Waals surface area contributed by atoms with Gasteiger partial charge in [-0.2, -0.15) is 0 Å². The van der Waals surface area contributed by atoms with E-state index in [-0.39, 0.29) is 0 Å². The van der Waals surface area contributed by atoms with Crippen molar-refractivity contribution in [3.05, 3.63) is 71.3 Å². The lowest BCUT2D eigenvalue weighted by molar-refractivity contribution is -0.183. The van der Waals surface area contributed by atoms with Crippen molar-refractivity contribution in [1.82, 2.24) is 0 Å². The van der Waals surface area contributed by atoms with Gasteiger partial charge in [0.2, 0.25) is 5.79 Å². The minimum Gasteiger partial charge on any atom is -0.346 e. The first-order chi connectivity index (χ1) is 9.26. The second-order valence-corrected chi connectivity index (χ2v) is 4.44. The maximum atomic E-state index is 5.74. The molecule has 2 heteroatoms. The quantitative estimate of drug-likeness (QED) is 0.759. The highest BCUT2D eigenvalue weighted by molar-refractivity contribution is 5.36. The van der Waals surface area contributed by atoms with Gasteiger partial charge in [-0.15, -0.1) is 0 Å². The first-order valence-corrected chi connectivity index (χ1v) is 6.52. The number of rotatable bonds is 5. The zero-order valence-electron chi connectivity index (χ0n) is 11.7. The SMILES string of the molecule is CCc1cccc(C(OC)(OC)c2ccccc2)c1. The summed E-state index contributed by atoms with van der Waals surface area (Å²) in [7, 11) is 3.35. The molecule has 100 valence electrons. The third-order valence-corrected chi connectivity index (χ3v) is 3.44. The summed E-state index contributed by atoms with van der Waals surface area (Å²) in [4.78, 5) is 0. The zero-order chi connectivity index (χ0) is 13.7. The van der Waals surface area contributed by atoms with E-state index in [2.05, 4.69) is 19.1 Å². The van der Waals surface area contributed by atoms with Crippen LogP contribution in [0.25, 0.3) is 0 Å². The Morgan fingerprint density at radius 3 is 2.05 bits per heavy atom. The summed E-state index contributed by atoms with van der Waals surface area (Å²) < 4.78 is 11.5. The first-order valence-electron chi connectivity index (χ1n) is 6.52. The number of hydrogen-bond donors (Lipinski definition) is 0. The molecule has 0 saturated carbocycles. The van der Waals surface area contributed by atoms with Crippen molar-refractivity contribution in [2.45, 2.75) is 19.1 Å². The molecule has 2 aromatic rings. The van der Waals surface area contributed by atoms with Crippen LogP contribution in [0.5, 0.6) is 0 Å². The Bertz CT molecular complexity index is 516. The van der Waals surface area contributed by atoms with Crippen LogP contribution >= 0.6 is 0 Å². The van der Waals surface area contributed by atoms with Crippen molar-refractivity contribution < 1.29 is 9.47 Å². The van der Waals surface area contributed by atoms with Crippen LogP contribution in [0.15, 0.2) is 54.6 Å². The van der Waals surface area contributed by atoms with E-state index in [0.717, 1.165) is 17.5 Å². The molecule has 0 atom stereocenters. The van der Waals surface area contributed by atoms with E-state index in [4.69, 9.17) is 9.47 Å². The summed E-state index contributed by atoms with van der Waals surface area (Å²) in [6.45, 7) is 2.14. The van der Waals surface area contributed by atoms with Gasteiger partial charge in [-0.3, -0.25) is 0 Å². The molecule has 0 unspecified atom stereocenters. The maximum absolute atomic E-state index is 5.74. The highest BCUT2D eigenvalue weighted by Crippen LogP contribution is 2.34. The van der Waals surface area contributed by atoms with Crippen molar-refractivity contribution in [2.24, 2.45) is 0 Å². The Kier molecular flexibility index (Phi) is 4.35. The van der Waals surface area contributed by atoms with Crippen molar-refractivity contribution in [1.29, 1.82) is 0 Å². The number of methoxy groups -OCH3 is 2. The second-order valence-electron chi connectivity index (χ2n) is 4.44. The molecule has 2 rings (SSSR count). The second kappa shape index (κ2) is 6.00. The highest BCUT2D eigenvalue weighted by atomic mass is 16.7. The molecule has 0 aliphatic rings. The molecule has 2 aromatic carbocycles. The van der Waals surface area contributed by atoms with Crippen molar-refractivity contribution in [2.75, 3.05) is 14.2 Å². The molecule has 0 bridgehead atoms. The number of benzene rings is 2. The van der Waals surface area contributed by atoms with Crippen LogP contribution in [0.2, 0.25) is 0 Å². The minimum absolute atomic E-state index is 0.841. The topological polar surface area (TPSA) is 18.5 Å². The molecular weight excluding hydrogens is 236 g/mol. The minimum atomic E-state index is -0.841. The van der Waals surface area contributed by atoms with Gasteiger partial charge < -0.3 is 9.47 Å². The van der Waals surface area contributed by atoms with Crippen LogP contribution in [-0.4, -0.2) is 14.2 Å². The summed E-state index contributed by atoms with van der Waals surface area (Å²) in [5, 5.41) is 0. The Morgan fingerprint density at radius 2 is 1.47 bits per heavy atom. The predicted octanol–water partition coefficient (Wildman–Crippen LogP) is 3.74. The fourth-order valence-electron chi connectivity index (χ4n) is 2.37. The van der Waals surface area contributed by atoms with Gasteiger partial charge in [0.25, 0.3) is 0 Å². The molecule has 0 fully saturated rings. The maximum Gasteiger partial charge on any atom is 0.221 e. The summed E-state index contributed by atoms with van der Waals surface area (Å²) in [5.41, 5.74) is 3.28. The van der Waals surface area contributed by atoms with Crippen LogP contribution in [0.3, 0.4) is 0 Å². The molecule has 0 aromatic heterocycles. The van der Waals surface area contributed by atoms with Crippen molar-refractivity contribution >= 4 is 0 Å². The van der Waals surface area contributed by atoms with Crippen LogP contribution < -0.4 is 0 Å². The van der Waals surface area contributed by atoms with E-state index in [1.165, 1.54) is 5.56 Å². The molecule has 0 amide bonds. The third kappa shape index (κ3) is 2.55. The van der Waals surface area contributed by atoms with Crippen LogP contribution in [-0.2, 0) is 21.7 Å².